The van der Waals surface area contributed by atoms with E-state index in [4.69, 9.17) is 0 Å². The molecule has 0 spiro atoms. The van der Waals surface area contributed by atoms with E-state index in [9.17, 15) is 9.90 Å². The summed E-state index contributed by atoms with van der Waals surface area (Å²) >= 11 is 0. The van der Waals surface area contributed by atoms with E-state index < -0.39 is 5.97 Å². The van der Waals surface area contributed by atoms with Gasteiger partial charge in [0.15, 0.2) is 0 Å². The standard InChI is InChI=1S/C20H18O2/c1-13-6-5-7-15(10-13)11-18-14(2)19(12-20(21)22)17-9-4-3-8-16(17)18/h3-11H,12H2,1-2H3,(H,21,22)/b18-11+. The number of benzene rings is 2. The molecule has 0 saturated heterocycles. The van der Waals surface area contributed by atoms with Crippen molar-refractivity contribution in [3.8, 4) is 0 Å². The highest BCUT2D eigenvalue weighted by Crippen LogP contribution is 2.43. The molecule has 1 N–H and O–H groups in total. The summed E-state index contributed by atoms with van der Waals surface area (Å²) in [7, 11) is 0. The van der Waals surface area contributed by atoms with Crippen LogP contribution < -0.4 is 0 Å². The average molecular weight is 290 g/mol. The van der Waals surface area contributed by atoms with Crippen molar-refractivity contribution in [2.75, 3.05) is 0 Å². The number of allylic oxidation sites excluding steroid dienone is 2. The Morgan fingerprint density at radius 3 is 2.45 bits per heavy atom. The van der Waals surface area contributed by atoms with Crippen molar-refractivity contribution in [2.45, 2.75) is 20.3 Å². The van der Waals surface area contributed by atoms with Crippen molar-refractivity contribution in [1.82, 2.24) is 0 Å². The molecule has 0 heterocycles. The molecule has 22 heavy (non-hydrogen) atoms. The second-order valence-corrected chi connectivity index (χ2v) is 5.69. The minimum atomic E-state index is -0.791. The third kappa shape index (κ3) is 2.60. The summed E-state index contributed by atoms with van der Waals surface area (Å²) < 4.78 is 0. The summed E-state index contributed by atoms with van der Waals surface area (Å²) in [5.74, 6) is -0.791. The zero-order chi connectivity index (χ0) is 15.7. The van der Waals surface area contributed by atoms with Crippen LogP contribution in [0.25, 0.3) is 17.2 Å². The summed E-state index contributed by atoms with van der Waals surface area (Å²) in [4.78, 5) is 11.2. The lowest BCUT2D eigenvalue weighted by molar-refractivity contribution is -0.135. The Morgan fingerprint density at radius 2 is 1.77 bits per heavy atom. The van der Waals surface area contributed by atoms with Crippen molar-refractivity contribution in [3.63, 3.8) is 0 Å². The Balaban J connectivity index is 2.15. The van der Waals surface area contributed by atoms with E-state index in [1.165, 1.54) is 5.56 Å². The molecule has 0 saturated carbocycles. The van der Waals surface area contributed by atoms with E-state index in [0.717, 1.165) is 33.4 Å². The molecule has 0 atom stereocenters. The number of fused-ring (bicyclic) bond motifs is 1. The second kappa shape index (κ2) is 5.64. The largest absolute Gasteiger partial charge is 0.481 e. The van der Waals surface area contributed by atoms with Crippen molar-refractivity contribution in [1.29, 1.82) is 0 Å². The zero-order valence-electron chi connectivity index (χ0n) is 12.8. The van der Waals surface area contributed by atoms with Crippen LogP contribution in [0.4, 0.5) is 0 Å². The van der Waals surface area contributed by atoms with Gasteiger partial charge < -0.3 is 5.11 Å². The van der Waals surface area contributed by atoms with E-state index in [1.807, 2.05) is 31.2 Å². The van der Waals surface area contributed by atoms with Gasteiger partial charge in [0.2, 0.25) is 0 Å². The van der Waals surface area contributed by atoms with Gasteiger partial charge in [0.05, 0.1) is 6.42 Å². The fraction of sp³-hybridized carbons (Fsp3) is 0.150. The number of hydrogen-bond acceptors (Lipinski definition) is 1. The van der Waals surface area contributed by atoms with Crippen molar-refractivity contribution >= 4 is 23.2 Å². The van der Waals surface area contributed by atoms with Gasteiger partial charge in [-0.15, -0.1) is 0 Å². The van der Waals surface area contributed by atoms with E-state index >= 15 is 0 Å². The second-order valence-electron chi connectivity index (χ2n) is 5.69. The SMILES string of the molecule is CC1=C(CC(=O)O)c2ccccc2/C1=C/c1cccc(C)c1. The predicted octanol–water partition coefficient (Wildman–Crippen LogP) is 4.80. The fourth-order valence-electron chi connectivity index (χ4n) is 3.04. The van der Waals surface area contributed by atoms with Crippen molar-refractivity contribution in [2.24, 2.45) is 0 Å². The number of carboxylic acid groups (broad SMARTS) is 1. The number of aryl methyl sites for hydroxylation is 1. The van der Waals surface area contributed by atoms with Crippen LogP contribution in [-0.4, -0.2) is 11.1 Å². The third-order valence-electron chi connectivity index (χ3n) is 4.08. The molecule has 2 heteroatoms. The molecule has 0 amide bonds. The van der Waals surface area contributed by atoms with Gasteiger partial charge in [-0.3, -0.25) is 4.79 Å². The Bertz CT molecular complexity index is 810. The van der Waals surface area contributed by atoms with Crippen LogP contribution in [0.1, 0.15) is 35.6 Å². The zero-order valence-corrected chi connectivity index (χ0v) is 12.8. The lowest BCUT2D eigenvalue weighted by atomic mass is 10.00. The normalized spacial score (nSPS) is 15.3. The number of carbonyl (C=O) groups is 1. The van der Waals surface area contributed by atoms with Crippen LogP contribution >= 0.6 is 0 Å². The molecule has 0 radical (unpaired) electrons. The Labute approximate surface area is 130 Å². The van der Waals surface area contributed by atoms with Crippen LogP contribution in [0, 0.1) is 6.92 Å². The first kappa shape index (κ1) is 14.3. The lowest BCUT2D eigenvalue weighted by Crippen LogP contribution is -1.96. The maximum Gasteiger partial charge on any atom is 0.307 e. The van der Waals surface area contributed by atoms with Crippen molar-refractivity contribution in [3.05, 3.63) is 76.4 Å². The summed E-state index contributed by atoms with van der Waals surface area (Å²) in [6, 6.07) is 16.4. The summed E-state index contributed by atoms with van der Waals surface area (Å²) in [6.45, 7) is 4.09. The average Bonchev–Trinajstić information content (AvgIpc) is 2.73. The van der Waals surface area contributed by atoms with Gasteiger partial charge in [-0.05, 0) is 53.3 Å². The molecule has 0 unspecified atom stereocenters. The molecule has 3 rings (SSSR count). The molecule has 2 nitrogen and oxygen atoms in total. The van der Waals surface area contributed by atoms with Crippen LogP contribution in [0.5, 0.6) is 0 Å². The molecule has 2 aromatic rings. The highest BCUT2D eigenvalue weighted by Gasteiger charge is 2.24. The highest BCUT2D eigenvalue weighted by molar-refractivity contribution is 6.07. The van der Waals surface area contributed by atoms with Crippen molar-refractivity contribution < 1.29 is 9.90 Å². The van der Waals surface area contributed by atoms with E-state index in [-0.39, 0.29) is 6.42 Å². The van der Waals surface area contributed by atoms with E-state index in [1.54, 1.807) is 0 Å². The topological polar surface area (TPSA) is 37.3 Å². The van der Waals surface area contributed by atoms with Crippen LogP contribution in [0.3, 0.4) is 0 Å². The number of carboxylic acids is 1. The highest BCUT2D eigenvalue weighted by atomic mass is 16.4. The predicted molar refractivity (Wildman–Crippen MR) is 90.3 cm³/mol. The van der Waals surface area contributed by atoms with E-state index in [0.29, 0.717) is 0 Å². The fourth-order valence-corrected chi connectivity index (χ4v) is 3.04. The first-order valence-corrected chi connectivity index (χ1v) is 7.36. The van der Waals surface area contributed by atoms with Gasteiger partial charge in [-0.25, -0.2) is 0 Å². The molecule has 110 valence electrons. The molecule has 1 aliphatic rings. The van der Waals surface area contributed by atoms with Crippen LogP contribution in [-0.2, 0) is 4.79 Å². The minimum Gasteiger partial charge on any atom is -0.481 e. The summed E-state index contributed by atoms with van der Waals surface area (Å²) in [5.41, 5.74) is 7.62. The molecule has 1 aliphatic carbocycles. The quantitative estimate of drug-likeness (QED) is 0.881. The maximum atomic E-state index is 11.2. The number of rotatable bonds is 3. The van der Waals surface area contributed by atoms with Gasteiger partial charge in [0.25, 0.3) is 0 Å². The minimum absolute atomic E-state index is 0.0635. The first-order valence-electron chi connectivity index (χ1n) is 7.36. The smallest absolute Gasteiger partial charge is 0.307 e. The molecule has 0 aromatic heterocycles. The Kier molecular flexibility index (Phi) is 3.68. The summed E-state index contributed by atoms with van der Waals surface area (Å²) in [6.07, 6.45) is 2.21. The van der Waals surface area contributed by atoms with E-state index in [2.05, 4.69) is 37.3 Å². The maximum absolute atomic E-state index is 11.2. The Morgan fingerprint density at radius 1 is 1.05 bits per heavy atom. The van der Waals surface area contributed by atoms with Crippen LogP contribution in [0.2, 0.25) is 0 Å². The van der Waals surface area contributed by atoms with Gasteiger partial charge in [-0.1, -0.05) is 54.1 Å². The van der Waals surface area contributed by atoms with Gasteiger partial charge in [-0.2, -0.15) is 0 Å². The van der Waals surface area contributed by atoms with Gasteiger partial charge >= 0.3 is 5.97 Å². The lowest BCUT2D eigenvalue weighted by Gasteiger charge is -2.04. The Hall–Kier alpha value is -2.61. The third-order valence-corrected chi connectivity index (χ3v) is 4.08. The molecule has 0 bridgehead atoms. The van der Waals surface area contributed by atoms with Gasteiger partial charge in [0.1, 0.15) is 0 Å². The molecular formula is C20H18O2. The number of aliphatic carboxylic acids is 1. The van der Waals surface area contributed by atoms with Gasteiger partial charge in [0, 0.05) is 0 Å². The molecular weight excluding hydrogens is 272 g/mol. The monoisotopic (exact) mass is 290 g/mol. The molecule has 0 fully saturated rings. The van der Waals surface area contributed by atoms with Crippen LogP contribution in [0.15, 0.2) is 54.1 Å². The molecule has 0 aliphatic heterocycles. The molecule has 2 aromatic carbocycles. The first-order chi connectivity index (χ1) is 10.6. The summed E-state index contributed by atoms with van der Waals surface area (Å²) in [5, 5.41) is 9.18. The number of hydrogen-bond donors (Lipinski definition) is 1.